The molecule has 6 rings (SSSR count). The first-order chi connectivity index (χ1) is 25.8. The molecule has 0 bridgehead atoms. The van der Waals surface area contributed by atoms with Crippen molar-refractivity contribution in [1.82, 2.24) is 17.9 Å². The Balaban J connectivity index is 0.000000204. The summed E-state index contributed by atoms with van der Waals surface area (Å²) in [6, 6.07) is 33.2. The molecule has 0 aliphatic rings. The molecule has 0 saturated carbocycles. The number of nitro groups is 1. The van der Waals surface area contributed by atoms with Crippen LogP contribution >= 0.6 is 23.1 Å². The first-order valence-electron chi connectivity index (χ1n) is 16.3. The van der Waals surface area contributed by atoms with E-state index in [4.69, 9.17) is 14.2 Å². The molecule has 0 N–H and O–H groups in total. The molecule has 272 valence electrons. The van der Waals surface area contributed by atoms with Gasteiger partial charge in [0.25, 0.3) is 5.69 Å². The fourth-order valence-electron chi connectivity index (χ4n) is 4.68. The van der Waals surface area contributed by atoms with E-state index < -0.39 is 10.9 Å². The summed E-state index contributed by atoms with van der Waals surface area (Å²) in [5, 5.41) is 10.9. The number of non-ortho nitro benzene ring substituents is 1. The molecule has 0 radical (unpaired) electrons. The number of hydrogen-bond donors (Lipinski definition) is 0. The molecule has 0 aliphatic carbocycles. The average Bonchev–Trinajstić information content (AvgIpc) is 3.83. The minimum absolute atomic E-state index is 0.0114. The Kier molecular flexibility index (Phi) is 13.5. The van der Waals surface area contributed by atoms with E-state index in [0.717, 1.165) is 34.1 Å². The lowest BCUT2D eigenvalue weighted by Crippen LogP contribution is -2.11. The molecule has 6 aromatic rings. The van der Waals surface area contributed by atoms with Crippen LogP contribution in [0.1, 0.15) is 13.8 Å². The smallest absolute Gasteiger partial charge is 0.327 e. The van der Waals surface area contributed by atoms with Crippen LogP contribution in [0.25, 0.3) is 34.2 Å². The molecule has 0 amide bonds. The molecule has 0 fully saturated rings. The number of methoxy groups -OCH3 is 1. The van der Waals surface area contributed by atoms with E-state index in [1.165, 1.54) is 35.2 Å². The molecule has 2 aromatic heterocycles. The lowest BCUT2D eigenvalue weighted by molar-refractivity contribution is -0.384. The summed E-state index contributed by atoms with van der Waals surface area (Å²) >= 11 is 2.61. The Bertz CT molecular complexity index is 2270. The second kappa shape index (κ2) is 18.8. The minimum Gasteiger partial charge on any atom is -0.497 e. The molecular weight excluding hydrogens is 719 g/mol. The van der Waals surface area contributed by atoms with Gasteiger partial charge < -0.3 is 14.2 Å². The van der Waals surface area contributed by atoms with Gasteiger partial charge in [0.1, 0.15) is 18.8 Å². The van der Waals surface area contributed by atoms with Gasteiger partial charge in [-0.3, -0.25) is 19.7 Å². The van der Waals surface area contributed by atoms with Crippen LogP contribution in [-0.4, -0.2) is 68.2 Å². The van der Waals surface area contributed by atoms with Gasteiger partial charge in [0.05, 0.1) is 36.6 Å². The fourth-order valence-corrected chi connectivity index (χ4v) is 6.43. The highest BCUT2D eigenvalue weighted by atomic mass is 32.1. The molecule has 14 nitrogen and oxygen atoms in total. The third-order valence-electron chi connectivity index (χ3n) is 7.10. The highest BCUT2D eigenvalue weighted by molar-refractivity contribution is 7.04. The van der Waals surface area contributed by atoms with E-state index >= 15 is 0 Å². The van der Waals surface area contributed by atoms with Crippen LogP contribution in [0.3, 0.4) is 0 Å². The number of carbonyl (C=O) groups is 2. The molecular formula is C37H35N7O7S2. The number of hydrogen-bond acceptors (Lipinski definition) is 13. The van der Waals surface area contributed by atoms with Crippen LogP contribution < -0.4 is 14.3 Å². The van der Waals surface area contributed by atoms with E-state index in [1.54, 1.807) is 33.1 Å². The maximum atomic E-state index is 11.6. The molecule has 53 heavy (non-hydrogen) atoms. The van der Waals surface area contributed by atoms with Gasteiger partial charge >= 0.3 is 11.9 Å². The molecule has 0 unspecified atom stereocenters. The van der Waals surface area contributed by atoms with Crippen molar-refractivity contribution in [3.05, 3.63) is 129 Å². The lowest BCUT2D eigenvalue weighted by atomic mass is 10.2. The van der Waals surface area contributed by atoms with E-state index in [-0.39, 0.29) is 24.7 Å². The Morgan fingerprint density at radius 1 is 0.679 bits per heavy atom. The Hall–Kier alpha value is -6.26. The minimum atomic E-state index is -0.445. The van der Waals surface area contributed by atoms with Crippen molar-refractivity contribution < 1.29 is 28.7 Å². The van der Waals surface area contributed by atoms with E-state index in [0.29, 0.717) is 28.6 Å². The van der Waals surface area contributed by atoms with Crippen LogP contribution in [-0.2, 0) is 19.1 Å². The lowest BCUT2D eigenvalue weighted by Gasteiger charge is -2.07. The van der Waals surface area contributed by atoms with Gasteiger partial charge in [-0.15, -0.1) is 0 Å². The molecule has 0 atom stereocenters. The maximum Gasteiger partial charge on any atom is 0.327 e. The topological polar surface area (TPSA) is 165 Å². The Morgan fingerprint density at radius 3 is 1.47 bits per heavy atom. The molecule has 0 aliphatic heterocycles. The van der Waals surface area contributed by atoms with Gasteiger partial charge in [0.15, 0.2) is 11.6 Å². The number of benzene rings is 4. The van der Waals surface area contributed by atoms with Gasteiger partial charge in [0, 0.05) is 23.3 Å². The SMILES string of the molecule is CCOC(=O)CN=c1nc(-c2ccccc2)n(-c2ccc(OC)cc2)s1.CCOC(=O)CN=c1nc(-c2ccccc2)n(-c2ccc([N+](=O)[O-])cc2)s1. The molecule has 16 heteroatoms. The Morgan fingerprint density at radius 2 is 1.09 bits per heavy atom. The predicted molar refractivity (Wildman–Crippen MR) is 201 cm³/mol. The zero-order valence-corrected chi connectivity index (χ0v) is 30.7. The summed E-state index contributed by atoms with van der Waals surface area (Å²) in [5.74, 6) is 1.41. The summed E-state index contributed by atoms with van der Waals surface area (Å²) in [4.78, 5) is 52.1. The standard InChI is InChI=1S/C19H19N3O3S.C18H16N4O4S/c1-3-25-17(23)13-20-19-21-18(14-7-5-4-6-8-14)22(26-19)15-9-11-16(24-2)12-10-15;1-2-26-16(23)12-19-18-20-17(13-6-4-3-5-7-13)21(27-18)14-8-10-15(11-9-14)22(24)25/h4-12H,3,13H2,1-2H3;3-11H,2,12H2,1H3. The summed E-state index contributed by atoms with van der Waals surface area (Å²) in [6.07, 6.45) is 0. The van der Waals surface area contributed by atoms with Crippen LogP contribution in [0.2, 0.25) is 0 Å². The third kappa shape index (κ3) is 10.4. The van der Waals surface area contributed by atoms with Crippen molar-refractivity contribution in [1.29, 1.82) is 0 Å². The first-order valence-corrected chi connectivity index (χ1v) is 17.9. The number of aromatic nitrogens is 4. The van der Waals surface area contributed by atoms with Crippen LogP contribution in [0, 0.1) is 10.1 Å². The van der Waals surface area contributed by atoms with Crippen molar-refractivity contribution >= 4 is 40.7 Å². The van der Waals surface area contributed by atoms with E-state index in [9.17, 15) is 19.7 Å². The van der Waals surface area contributed by atoms with Gasteiger partial charge in [-0.2, -0.15) is 9.97 Å². The number of nitrogens with zero attached hydrogens (tertiary/aromatic N) is 7. The zero-order valence-electron chi connectivity index (χ0n) is 29.0. The van der Waals surface area contributed by atoms with Crippen molar-refractivity contribution in [3.63, 3.8) is 0 Å². The molecule has 0 saturated heterocycles. The van der Waals surface area contributed by atoms with Crippen LogP contribution in [0.5, 0.6) is 5.75 Å². The van der Waals surface area contributed by atoms with Gasteiger partial charge in [-0.05, 0) is 73.3 Å². The third-order valence-corrected chi connectivity index (χ3v) is 9.00. The number of carbonyl (C=O) groups excluding carboxylic acids is 2. The fraction of sp³-hybridized carbons (Fsp3) is 0.189. The number of nitro benzene ring substituents is 1. The first kappa shape index (κ1) is 38.0. The van der Waals surface area contributed by atoms with Crippen molar-refractivity contribution in [2.75, 3.05) is 33.4 Å². The molecule has 0 spiro atoms. The van der Waals surface area contributed by atoms with E-state index in [2.05, 4.69) is 20.0 Å². The summed E-state index contributed by atoms with van der Waals surface area (Å²) < 4.78 is 18.8. The summed E-state index contributed by atoms with van der Waals surface area (Å²) in [7, 11) is 1.64. The second-order valence-electron chi connectivity index (χ2n) is 10.7. The summed E-state index contributed by atoms with van der Waals surface area (Å²) in [5.41, 5.74) is 3.51. The van der Waals surface area contributed by atoms with Crippen molar-refractivity contribution in [2.24, 2.45) is 9.98 Å². The quantitative estimate of drug-likeness (QED) is 0.0822. The zero-order chi connectivity index (χ0) is 37.6. The van der Waals surface area contributed by atoms with E-state index in [1.807, 2.05) is 92.8 Å². The molecule has 4 aromatic carbocycles. The monoisotopic (exact) mass is 753 g/mol. The maximum absolute atomic E-state index is 11.6. The Labute approximate surface area is 312 Å². The van der Waals surface area contributed by atoms with Crippen LogP contribution in [0.4, 0.5) is 5.69 Å². The highest BCUT2D eigenvalue weighted by Gasteiger charge is 2.14. The van der Waals surface area contributed by atoms with Gasteiger partial charge in [0.2, 0.25) is 9.60 Å². The van der Waals surface area contributed by atoms with Crippen LogP contribution in [0.15, 0.2) is 119 Å². The average molecular weight is 754 g/mol. The highest BCUT2D eigenvalue weighted by Crippen LogP contribution is 2.25. The summed E-state index contributed by atoms with van der Waals surface area (Å²) in [6.45, 7) is 3.98. The van der Waals surface area contributed by atoms with Crippen molar-refractivity contribution in [2.45, 2.75) is 13.8 Å². The van der Waals surface area contributed by atoms with Gasteiger partial charge in [-0.25, -0.2) is 17.9 Å². The molecule has 2 heterocycles. The number of rotatable bonds is 12. The number of esters is 2. The predicted octanol–water partition coefficient (Wildman–Crippen LogP) is 6.05. The van der Waals surface area contributed by atoms with Crippen molar-refractivity contribution in [3.8, 4) is 39.9 Å². The van der Waals surface area contributed by atoms with Gasteiger partial charge in [-0.1, -0.05) is 60.7 Å². The normalized spacial score (nSPS) is 11.4. The largest absolute Gasteiger partial charge is 0.497 e. The second-order valence-corrected chi connectivity index (χ2v) is 12.5. The number of ether oxygens (including phenoxy) is 3.